The van der Waals surface area contributed by atoms with E-state index in [4.69, 9.17) is 8.92 Å². The van der Waals surface area contributed by atoms with Gasteiger partial charge in [-0.15, -0.1) is 0 Å². The molecule has 0 heterocycles. The van der Waals surface area contributed by atoms with Crippen molar-refractivity contribution in [2.75, 3.05) is 13.7 Å². The molecule has 0 aliphatic rings. The average molecular weight is 405 g/mol. The summed E-state index contributed by atoms with van der Waals surface area (Å²) in [5, 5.41) is 0. The van der Waals surface area contributed by atoms with Gasteiger partial charge >= 0.3 is 12.1 Å². The number of hydrogen-bond acceptors (Lipinski definition) is 7. The van der Waals surface area contributed by atoms with Gasteiger partial charge in [0, 0.05) is 0 Å². The molecule has 2 aromatic rings. The van der Waals surface area contributed by atoms with Gasteiger partial charge in [0.05, 0.1) is 12.0 Å². The van der Waals surface area contributed by atoms with Crippen LogP contribution < -0.4 is 0 Å². The van der Waals surface area contributed by atoms with E-state index < -0.39 is 34.5 Å². The molecule has 2 aromatic carbocycles. The Kier molecular flexibility index (Phi) is 7.42. The highest BCUT2D eigenvalue weighted by Gasteiger charge is 2.21. The van der Waals surface area contributed by atoms with E-state index in [9.17, 15) is 18.0 Å². The van der Waals surface area contributed by atoms with Crippen molar-refractivity contribution in [2.45, 2.75) is 18.4 Å². The van der Waals surface area contributed by atoms with Gasteiger partial charge in [-0.05, 0) is 24.6 Å². The third-order valence-corrected chi connectivity index (χ3v) is 4.79. The van der Waals surface area contributed by atoms with Crippen molar-refractivity contribution in [3.8, 4) is 0 Å². The van der Waals surface area contributed by atoms with Gasteiger partial charge < -0.3 is 9.47 Å². The van der Waals surface area contributed by atoms with Crippen molar-refractivity contribution in [2.24, 2.45) is 4.99 Å². The van der Waals surface area contributed by atoms with Gasteiger partial charge in [-0.1, -0.05) is 48.0 Å². The first-order valence-corrected chi connectivity index (χ1v) is 9.55. The van der Waals surface area contributed by atoms with Gasteiger partial charge in [0.15, 0.2) is 5.71 Å². The minimum Gasteiger partial charge on any atom is -0.464 e. The first-order chi connectivity index (χ1) is 13.3. The highest BCUT2D eigenvalue weighted by molar-refractivity contribution is 7.86. The van der Waals surface area contributed by atoms with Crippen LogP contribution in [0, 0.1) is 6.92 Å². The fourth-order valence-electron chi connectivity index (χ4n) is 2.02. The van der Waals surface area contributed by atoms with E-state index in [1.807, 2.05) is 6.07 Å². The van der Waals surface area contributed by atoms with Gasteiger partial charge in [-0.3, -0.25) is 4.18 Å². The predicted molar refractivity (Wildman–Crippen MR) is 100 cm³/mol. The van der Waals surface area contributed by atoms with E-state index in [0.29, 0.717) is 0 Å². The number of nitrogens with zero attached hydrogens (tertiary/aromatic N) is 1. The van der Waals surface area contributed by atoms with E-state index in [-0.39, 0.29) is 11.5 Å². The Morgan fingerprint density at radius 3 is 2.25 bits per heavy atom. The van der Waals surface area contributed by atoms with Crippen molar-refractivity contribution < 1.29 is 31.7 Å². The van der Waals surface area contributed by atoms with E-state index in [0.717, 1.165) is 18.2 Å². The predicted octanol–water partition coefficient (Wildman–Crippen LogP) is 2.65. The molecule has 0 aromatic heterocycles. The van der Waals surface area contributed by atoms with Crippen LogP contribution in [0.15, 0.2) is 64.5 Å². The second kappa shape index (κ2) is 9.77. The van der Waals surface area contributed by atoms with Gasteiger partial charge in [0.2, 0.25) is 0 Å². The maximum Gasteiger partial charge on any atom is 0.434 e. The zero-order valence-electron chi connectivity index (χ0n) is 15.3. The van der Waals surface area contributed by atoms with Crippen LogP contribution in [0.2, 0.25) is 0 Å². The monoisotopic (exact) mass is 405 g/mol. The topological polar surface area (TPSA) is 108 Å². The van der Waals surface area contributed by atoms with Crippen LogP contribution in [-0.4, -0.2) is 39.9 Å². The molecular formula is C19H19NO7S. The van der Waals surface area contributed by atoms with E-state index >= 15 is 0 Å². The van der Waals surface area contributed by atoms with Crippen LogP contribution in [0.1, 0.15) is 11.1 Å². The molecule has 0 aliphatic heterocycles. The molecule has 0 atom stereocenters. The van der Waals surface area contributed by atoms with Crippen molar-refractivity contribution in [3.63, 3.8) is 0 Å². The third kappa shape index (κ3) is 6.29. The highest BCUT2D eigenvalue weighted by atomic mass is 32.2. The lowest BCUT2D eigenvalue weighted by molar-refractivity contribution is -0.132. The summed E-state index contributed by atoms with van der Waals surface area (Å²) in [5.74, 6) is -1.00. The fraction of sp³-hybridized carbons (Fsp3) is 0.211. The average Bonchev–Trinajstić information content (AvgIpc) is 2.70. The minimum atomic E-state index is -4.15. The second-order valence-electron chi connectivity index (χ2n) is 5.62. The number of esters is 1. The van der Waals surface area contributed by atoms with E-state index in [1.54, 1.807) is 43.3 Å². The molecule has 148 valence electrons. The number of hydrogen-bond donors (Lipinski definition) is 0. The highest BCUT2D eigenvalue weighted by Crippen LogP contribution is 2.13. The molecule has 0 bridgehead atoms. The van der Waals surface area contributed by atoms with Gasteiger partial charge in [-0.25, -0.2) is 9.59 Å². The summed E-state index contributed by atoms with van der Waals surface area (Å²) in [5.41, 5.74) is 1.07. The quantitative estimate of drug-likeness (QED) is 0.396. The molecule has 2 rings (SSSR count). The Bertz CT molecular complexity index is 952. The minimum absolute atomic E-state index is 0.0554. The maximum absolute atomic E-state index is 12.2. The smallest absolute Gasteiger partial charge is 0.434 e. The molecule has 0 radical (unpaired) electrons. The van der Waals surface area contributed by atoms with Crippen LogP contribution in [0.4, 0.5) is 4.79 Å². The summed E-state index contributed by atoms with van der Waals surface area (Å²) in [6.45, 7) is 0.976. The number of aryl methyl sites for hydroxylation is 1. The van der Waals surface area contributed by atoms with Crippen LogP contribution >= 0.6 is 0 Å². The summed E-state index contributed by atoms with van der Waals surface area (Å²) in [6.07, 6.45) is -1.07. The molecule has 0 saturated carbocycles. The standard InChI is InChI=1S/C19H19NO7S/c1-14-8-10-16(11-9-14)28(23,24)27-13-17(18(21)25-2)20-19(22)26-12-15-6-4-3-5-7-15/h3-11H,12-13H2,1-2H3. The number of methoxy groups -OCH3 is 1. The van der Waals surface area contributed by atoms with E-state index in [1.165, 1.54) is 12.1 Å². The summed E-state index contributed by atoms with van der Waals surface area (Å²) in [4.78, 5) is 27.0. The number of rotatable bonds is 7. The molecule has 1 amide bonds. The van der Waals surface area contributed by atoms with Crippen LogP contribution in [0.3, 0.4) is 0 Å². The number of aliphatic imine (C=N–C) groups is 1. The van der Waals surface area contributed by atoms with Crippen molar-refractivity contribution in [1.29, 1.82) is 0 Å². The number of carbonyl (C=O) groups excluding carboxylic acids is 2. The van der Waals surface area contributed by atoms with Crippen molar-refractivity contribution in [3.05, 3.63) is 65.7 Å². The summed E-state index contributed by atoms with van der Waals surface area (Å²) >= 11 is 0. The lowest BCUT2D eigenvalue weighted by Crippen LogP contribution is -2.25. The summed E-state index contributed by atoms with van der Waals surface area (Å²) in [6, 6.07) is 14.8. The van der Waals surface area contributed by atoms with Crippen molar-refractivity contribution >= 4 is 27.9 Å². The Hall–Kier alpha value is -3.04. The fourth-order valence-corrected chi connectivity index (χ4v) is 2.90. The molecule has 0 aliphatic carbocycles. The molecule has 0 saturated heterocycles. The number of amides is 1. The van der Waals surface area contributed by atoms with Crippen LogP contribution in [-0.2, 0) is 35.2 Å². The SMILES string of the molecule is COC(=O)C(COS(=O)(=O)c1ccc(C)cc1)=NC(=O)OCc1ccccc1. The Morgan fingerprint density at radius 2 is 1.64 bits per heavy atom. The second-order valence-corrected chi connectivity index (χ2v) is 7.23. The molecule has 0 N–H and O–H groups in total. The number of ether oxygens (including phenoxy) is 2. The molecule has 28 heavy (non-hydrogen) atoms. The summed E-state index contributed by atoms with van der Waals surface area (Å²) < 4.78 is 38.7. The van der Waals surface area contributed by atoms with Crippen molar-refractivity contribution in [1.82, 2.24) is 0 Å². The molecule has 0 fully saturated rings. The molecule has 0 spiro atoms. The molecule has 0 unspecified atom stereocenters. The lowest BCUT2D eigenvalue weighted by atomic mass is 10.2. The van der Waals surface area contributed by atoms with Gasteiger partial charge in [-0.2, -0.15) is 13.4 Å². The largest absolute Gasteiger partial charge is 0.464 e. The maximum atomic E-state index is 12.2. The first kappa shape index (κ1) is 21.3. The third-order valence-electron chi connectivity index (χ3n) is 3.51. The Morgan fingerprint density at radius 1 is 1.00 bits per heavy atom. The van der Waals surface area contributed by atoms with Crippen LogP contribution in [0.5, 0.6) is 0 Å². The zero-order chi connectivity index (χ0) is 20.6. The Labute approximate surface area is 162 Å². The van der Waals surface area contributed by atoms with Crippen LogP contribution in [0.25, 0.3) is 0 Å². The zero-order valence-corrected chi connectivity index (χ0v) is 16.1. The number of benzene rings is 2. The van der Waals surface area contributed by atoms with Gasteiger partial charge in [0.1, 0.15) is 13.2 Å². The summed E-state index contributed by atoms with van der Waals surface area (Å²) in [7, 11) is -3.07. The molecule has 9 heteroatoms. The molecular weight excluding hydrogens is 386 g/mol. The first-order valence-electron chi connectivity index (χ1n) is 8.14. The molecule has 8 nitrogen and oxygen atoms in total. The van der Waals surface area contributed by atoms with Gasteiger partial charge in [0.25, 0.3) is 10.1 Å². The Balaban J connectivity index is 2.06. The lowest BCUT2D eigenvalue weighted by Gasteiger charge is -2.08. The normalized spacial score (nSPS) is 11.7. The number of carbonyl (C=O) groups is 2. The van der Waals surface area contributed by atoms with E-state index in [2.05, 4.69) is 9.73 Å².